The molecule has 0 spiro atoms. The lowest BCUT2D eigenvalue weighted by Gasteiger charge is -2.32. The summed E-state index contributed by atoms with van der Waals surface area (Å²) in [6.07, 6.45) is 3.97. The largest absolute Gasteiger partial charge is 0.349 e. The fourth-order valence-corrected chi connectivity index (χ4v) is 3.41. The standard InChI is InChI=1S/C21H28N4O2/c1-15(2)14-20(26)24-12-9-18(10-13-24)23-21(27)17-4-6-19(7-5-17)25-16(3)8-11-22-25/h4-8,11,15,18H,9-10,12-14H2,1-3H3,(H,23,27). The van der Waals surface area contributed by atoms with Gasteiger partial charge in [-0.3, -0.25) is 9.59 Å². The van der Waals surface area contributed by atoms with Crippen molar-refractivity contribution in [3.63, 3.8) is 0 Å². The summed E-state index contributed by atoms with van der Waals surface area (Å²) in [6, 6.07) is 9.53. The Morgan fingerprint density at radius 2 is 1.81 bits per heavy atom. The summed E-state index contributed by atoms with van der Waals surface area (Å²) in [4.78, 5) is 26.6. The highest BCUT2D eigenvalue weighted by atomic mass is 16.2. The number of aromatic nitrogens is 2. The lowest BCUT2D eigenvalue weighted by molar-refractivity contribution is -0.133. The molecule has 1 fully saturated rings. The minimum Gasteiger partial charge on any atom is -0.349 e. The molecule has 2 heterocycles. The Hall–Kier alpha value is -2.63. The van der Waals surface area contributed by atoms with Crippen molar-refractivity contribution >= 4 is 11.8 Å². The number of piperidine rings is 1. The van der Waals surface area contributed by atoms with E-state index in [0.29, 0.717) is 31.0 Å². The molecule has 1 aromatic heterocycles. The highest BCUT2D eigenvalue weighted by molar-refractivity contribution is 5.94. The molecule has 1 aromatic carbocycles. The number of carbonyl (C=O) groups is 2. The highest BCUT2D eigenvalue weighted by Crippen LogP contribution is 2.15. The van der Waals surface area contributed by atoms with E-state index in [1.807, 2.05) is 46.8 Å². The van der Waals surface area contributed by atoms with E-state index >= 15 is 0 Å². The Labute approximate surface area is 160 Å². The predicted molar refractivity (Wildman–Crippen MR) is 105 cm³/mol. The topological polar surface area (TPSA) is 67.2 Å². The van der Waals surface area contributed by atoms with Gasteiger partial charge in [-0.2, -0.15) is 5.10 Å². The fraction of sp³-hybridized carbons (Fsp3) is 0.476. The number of nitrogens with zero attached hydrogens (tertiary/aromatic N) is 3. The van der Waals surface area contributed by atoms with E-state index in [2.05, 4.69) is 24.3 Å². The maximum Gasteiger partial charge on any atom is 0.251 e. The van der Waals surface area contributed by atoms with Gasteiger partial charge in [0.2, 0.25) is 5.91 Å². The Morgan fingerprint density at radius 1 is 1.15 bits per heavy atom. The van der Waals surface area contributed by atoms with Crippen molar-refractivity contribution in [1.82, 2.24) is 20.0 Å². The molecule has 3 rings (SSSR count). The fourth-order valence-electron chi connectivity index (χ4n) is 3.41. The molecule has 144 valence electrons. The first kappa shape index (κ1) is 19.1. The second-order valence-electron chi connectivity index (χ2n) is 7.66. The van der Waals surface area contributed by atoms with Gasteiger partial charge < -0.3 is 10.2 Å². The number of hydrogen-bond acceptors (Lipinski definition) is 3. The van der Waals surface area contributed by atoms with Gasteiger partial charge in [-0.15, -0.1) is 0 Å². The average molecular weight is 368 g/mol. The van der Waals surface area contributed by atoms with Crippen LogP contribution in [-0.4, -0.2) is 45.6 Å². The maximum atomic E-state index is 12.5. The third-order valence-corrected chi connectivity index (χ3v) is 4.97. The summed E-state index contributed by atoms with van der Waals surface area (Å²) in [5.41, 5.74) is 2.62. The Balaban J connectivity index is 1.53. The first-order chi connectivity index (χ1) is 12.9. The molecular formula is C21H28N4O2. The summed E-state index contributed by atoms with van der Waals surface area (Å²) >= 11 is 0. The first-order valence-electron chi connectivity index (χ1n) is 9.63. The van der Waals surface area contributed by atoms with Crippen LogP contribution in [0.3, 0.4) is 0 Å². The summed E-state index contributed by atoms with van der Waals surface area (Å²) < 4.78 is 1.84. The van der Waals surface area contributed by atoms with Crippen LogP contribution in [0.1, 0.15) is 49.2 Å². The van der Waals surface area contributed by atoms with Crippen molar-refractivity contribution < 1.29 is 9.59 Å². The molecule has 1 aliphatic heterocycles. The molecule has 0 bridgehead atoms. The number of rotatable bonds is 5. The third kappa shape index (κ3) is 4.76. The number of carbonyl (C=O) groups excluding carboxylic acids is 2. The first-order valence-corrected chi connectivity index (χ1v) is 9.63. The van der Waals surface area contributed by atoms with Crippen molar-refractivity contribution in [3.8, 4) is 5.69 Å². The van der Waals surface area contributed by atoms with E-state index in [0.717, 1.165) is 24.2 Å². The Morgan fingerprint density at radius 3 is 2.37 bits per heavy atom. The molecule has 6 heteroatoms. The van der Waals surface area contributed by atoms with Crippen LogP contribution in [0.5, 0.6) is 0 Å². The quantitative estimate of drug-likeness (QED) is 0.882. The lowest BCUT2D eigenvalue weighted by atomic mass is 10.0. The van der Waals surface area contributed by atoms with Gasteiger partial charge in [-0.05, 0) is 56.0 Å². The van der Waals surface area contributed by atoms with E-state index in [4.69, 9.17) is 0 Å². The van der Waals surface area contributed by atoms with Gasteiger partial charge in [0.1, 0.15) is 0 Å². The van der Waals surface area contributed by atoms with E-state index in [9.17, 15) is 9.59 Å². The molecule has 2 amide bonds. The van der Waals surface area contributed by atoms with Crippen LogP contribution >= 0.6 is 0 Å². The smallest absolute Gasteiger partial charge is 0.251 e. The van der Waals surface area contributed by atoms with E-state index in [-0.39, 0.29) is 17.9 Å². The van der Waals surface area contributed by atoms with E-state index in [1.54, 1.807) is 6.20 Å². The molecule has 6 nitrogen and oxygen atoms in total. The summed E-state index contributed by atoms with van der Waals surface area (Å²) in [5, 5.41) is 7.38. The highest BCUT2D eigenvalue weighted by Gasteiger charge is 2.24. The second-order valence-corrected chi connectivity index (χ2v) is 7.66. The van der Waals surface area contributed by atoms with Crippen molar-refractivity contribution in [2.75, 3.05) is 13.1 Å². The van der Waals surface area contributed by atoms with Crippen LogP contribution in [0.15, 0.2) is 36.5 Å². The van der Waals surface area contributed by atoms with Crippen LogP contribution in [0.2, 0.25) is 0 Å². The molecule has 1 N–H and O–H groups in total. The van der Waals surface area contributed by atoms with Crippen molar-refractivity contribution in [2.24, 2.45) is 5.92 Å². The van der Waals surface area contributed by atoms with Crippen molar-refractivity contribution in [3.05, 3.63) is 47.8 Å². The van der Waals surface area contributed by atoms with Crippen molar-refractivity contribution in [1.29, 1.82) is 0 Å². The van der Waals surface area contributed by atoms with Gasteiger partial charge in [0, 0.05) is 43.0 Å². The van der Waals surface area contributed by atoms with Gasteiger partial charge in [-0.1, -0.05) is 13.8 Å². The Kier molecular flexibility index (Phi) is 5.94. The molecule has 2 aromatic rings. The number of likely N-dealkylation sites (tertiary alicyclic amines) is 1. The number of amides is 2. The lowest BCUT2D eigenvalue weighted by Crippen LogP contribution is -2.46. The summed E-state index contributed by atoms with van der Waals surface area (Å²) in [7, 11) is 0. The number of hydrogen-bond donors (Lipinski definition) is 1. The zero-order chi connectivity index (χ0) is 19.4. The molecule has 0 unspecified atom stereocenters. The van der Waals surface area contributed by atoms with Gasteiger partial charge in [0.05, 0.1) is 5.69 Å². The zero-order valence-electron chi connectivity index (χ0n) is 16.3. The SMILES string of the molecule is Cc1ccnn1-c1ccc(C(=O)NC2CCN(C(=O)CC(C)C)CC2)cc1. The van der Waals surface area contributed by atoms with Crippen molar-refractivity contribution in [2.45, 2.75) is 46.1 Å². The molecule has 1 aliphatic rings. The zero-order valence-corrected chi connectivity index (χ0v) is 16.3. The van der Waals surface area contributed by atoms with Crippen LogP contribution in [-0.2, 0) is 4.79 Å². The average Bonchev–Trinajstić information content (AvgIpc) is 3.08. The van der Waals surface area contributed by atoms with Gasteiger partial charge >= 0.3 is 0 Å². The molecule has 27 heavy (non-hydrogen) atoms. The van der Waals surface area contributed by atoms with Gasteiger partial charge in [-0.25, -0.2) is 4.68 Å². The maximum absolute atomic E-state index is 12.5. The predicted octanol–water partition coefficient (Wildman–Crippen LogP) is 2.95. The Bertz CT molecular complexity index is 787. The van der Waals surface area contributed by atoms with Gasteiger partial charge in [0.15, 0.2) is 0 Å². The monoisotopic (exact) mass is 368 g/mol. The number of nitrogens with one attached hydrogen (secondary N) is 1. The number of benzene rings is 1. The van der Waals surface area contributed by atoms with E-state index < -0.39 is 0 Å². The number of aryl methyl sites for hydroxylation is 1. The minimum absolute atomic E-state index is 0.0642. The van der Waals surface area contributed by atoms with Crippen LogP contribution in [0.25, 0.3) is 5.69 Å². The molecular weight excluding hydrogens is 340 g/mol. The summed E-state index contributed by atoms with van der Waals surface area (Å²) in [5.74, 6) is 0.536. The third-order valence-electron chi connectivity index (χ3n) is 4.97. The minimum atomic E-state index is -0.0642. The van der Waals surface area contributed by atoms with E-state index in [1.165, 1.54) is 0 Å². The van der Waals surface area contributed by atoms with Crippen LogP contribution < -0.4 is 5.32 Å². The normalized spacial score (nSPS) is 15.2. The van der Waals surface area contributed by atoms with Crippen LogP contribution in [0, 0.1) is 12.8 Å². The summed E-state index contributed by atoms with van der Waals surface area (Å²) in [6.45, 7) is 7.54. The molecule has 0 saturated carbocycles. The molecule has 1 saturated heterocycles. The molecule has 0 aliphatic carbocycles. The van der Waals surface area contributed by atoms with Gasteiger partial charge in [0.25, 0.3) is 5.91 Å². The second kappa shape index (κ2) is 8.37. The van der Waals surface area contributed by atoms with Crippen LogP contribution in [0.4, 0.5) is 0 Å². The molecule has 0 radical (unpaired) electrons. The molecule has 0 atom stereocenters.